The van der Waals surface area contributed by atoms with Gasteiger partial charge in [-0.15, -0.1) is 0 Å². The second-order valence-corrected chi connectivity index (χ2v) is 6.01. The zero-order valence-electron chi connectivity index (χ0n) is 15.6. The third kappa shape index (κ3) is 5.21. The molecule has 0 aromatic heterocycles. The molecule has 0 amide bonds. The lowest BCUT2D eigenvalue weighted by atomic mass is 10.1. The Morgan fingerprint density at radius 3 is 1.62 bits per heavy atom. The van der Waals surface area contributed by atoms with Crippen LogP contribution < -0.4 is 10.6 Å². The van der Waals surface area contributed by atoms with E-state index >= 15 is 0 Å². The Labute approximate surface area is 154 Å². The largest absolute Gasteiger partial charge is 0.462 e. The van der Waals surface area contributed by atoms with Crippen molar-refractivity contribution in [2.24, 2.45) is 0 Å². The number of carbonyl (C=O) groups excluding carboxylic acids is 2. The van der Waals surface area contributed by atoms with Crippen LogP contribution in [0.25, 0.3) is 0 Å². The van der Waals surface area contributed by atoms with E-state index in [4.69, 9.17) is 4.74 Å². The first kappa shape index (κ1) is 19.2. The summed E-state index contributed by atoms with van der Waals surface area (Å²) in [7, 11) is 0. The monoisotopic (exact) mass is 352 g/mol. The molecule has 0 unspecified atom stereocenters. The normalized spacial score (nSPS) is 10.0. The average molecular weight is 352 g/mol. The van der Waals surface area contributed by atoms with Gasteiger partial charge in [0.25, 0.3) is 0 Å². The Morgan fingerprint density at radius 1 is 0.846 bits per heavy atom. The van der Waals surface area contributed by atoms with Crippen LogP contribution in [0, 0.1) is 13.8 Å². The lowest BCUT2D eigenvalue weighted by molar-refractivity contribution is -0.139. The molecule has 2 aromatic rings. The topological polar surface area (TPSA) is 67.4 Å². The Kier molecular flexibility index (Phi) is 6.55. The molecule has 2 aromatic carbocycles. The van der Waals surface area contributed by atoms with Gasteiger partial charge in [0.1, 0.15) is 11.4 Å². The molecule has 0 fully saturated rings. The summed E-state index contributed by atoms with van der Waals surface area (Å²) in [6.07, 6.45) is 0. The van der Waals surface area contributed by atoms with Gasteiger partial charge in [0.2, 0.25) is 0 Å². The molecule has 0 heterocycles. The molecule has 0 bridgehead atoms. The number of aryl methyl sites for hydroxylation is 2. The molecular formula is C21H24N2O3. The predicted molar refractivity (Wildman–Crippen MR) is 104 cm³/mol. The number of hydrogen-bond donors (Lipinski definition) is 2. The lowest BCUT2D eigenvalue weighted by Crippen LogP contribution is -2.23. The maximum absolute atomic E-state index is 12.3. The van der Waals surface area contributed by atoms with Crippen LogP contribution in [-0.4, -0.2) is 18.4 Å². The number of nitrogens with one attached hydrogen (secondary N) is 2. The SMILES string of the molecule is CCOC(=O)C(C(C)=O)=C(Nc1ccc(C)cc1)Nc1ccc(C)cc1. The molecule has 0 aliphatic carbocycles. The Bertz CT molecular complexity index is 757. The number of Topliss-reactive ketones (excluding diaryl/α,β-unsaturated/α-hetero) is 1. The van der Waals surface area contributed by atoms with Gasteiger partial charge in [0.05, 0.1) is 6.61 Å². The summed E-state index contributed by atoms with van der Waals surface area (Å²) in [6, 6.07) is 15.3. The van der Waals surface area contributed by atoms with E-state index in [1.807, 2.05) is 62.4 Å². The lowest BCUT2D eigenvalue weighted by Gasteiger charge is -2.17. The van der Waals surface area contributed by atoms with Crippen LogP contribution in [-0.2, 0) is 14.3 Å². The summed E-state index contributed by atoms with van der Waals surface area (Å²) < 4.78 is 5.06. The van der Waals surface area contributed by atoms with E-state index in [0.29, 0.717) is 5.82 Å². The molecule has 2 N–H and O–H groups in total. The van der Waals surface area contributed by atoms with E-state index in [1.165, 1.54) is 6.92 Å². The van der Waals surface area contributed by atoms with Gasteiger partial charge in [-0.05, 0) is 52.0 Å². The molecule has 136 valence electrons. The van der Waals surface area contributed by atoms with Crippen molar-refractivity contribution < 1.29 is 14.3 Å². The molecule has 2 rings (SSSR count). The molecule has 0 spiro atoms. The van der Waals surface area contributed by atoms with Gasteiger partial charge in [-0.2, -0.15) is 0 Å². The number of benzene rings is 2. The highest BCUT2D eigenvalue weighted by Crippen LogP contribution is 2.19. The maximum atomic E-state index is 12.3. The fourth-order valence-electron chi connectivity index (χ4n) is 2.34. The van der Waals surface area contributed by atoms with Crippen LogP contribution in [0.5, 0.6) is 0 Å². The summed E-state index contributed by atoms with van der Waals surface area (Å²) >= 11 is 0. The quantitative estimate of drug-likeness (QED) is 0.338. The Hall–Kier alpha value is -3.08. The van der Waals surface area contributed by atoms with Crippen molar-refractivity contribution in [2.75, 3.05) is 17.2 Å². The molecular weight excluding hydrogens is 328 g/mol. The summed E-state index contributed by atoms with van der Waals surface area (Å²) in [6.45, 7) is 7.23. The number of carbonyl (C=O) groups is 2. The van der Waals surface area contributed by atoms with Crippen molar-refractivity contribution >= 4 is 23.1 Å². The second kappa shape index (κ2) is 8.85. The number of hydrogen-bond acceptors (Lipinski definition) is 5. The first-order chi connectivity index (χ1) is 12.4. The van der Waals surface area contributed by atoms with Crippen LogP contribution in [0.2, 0.25) is 0 Å². The zero-order chi connectivity index (χ0) is 19.1. The predicted octanol–water partition coefficient (Wildman–Crippen LogP) is 4.19. The van der Waals surface area contributed by atoms with Crippen LogP contribution >= 0.6 is 0 Å². The van der Waals surface area contributed by atoms with Gasteiger partial charge in [0, 0.05) is 11.4 Å². The third-order valence-electron chi connectivity index (χ3n) is 3.72. The summed E-state index contributed by atoms with van der Waals surface area (Å²) in [5.41, 5.74) is 3.70. The number of ether oxygens (including phenoxy) is 1. The zero-order valence-corrected chi connectivity index (χ0v) is 15.6. The van der Waals surface area contributed by atoms with E-state index in [0.717, 1.165) is 22.5 Å². The fraction of sp³-hybridized carbons (Fsp3) is 0.238. The molecule has 0 aliphatic rings. The van der Waals surface area contributed by atoms with Crippen LogP contribution in [0.4, 0.5) is 11.4 Å². The molecule has 0 saturated heterocycles. The van der Waals surface area contributed by atoms with Gasteiger partial charge in [-0.25, -0.2) is 4.79 Å². The second-order valence-electron chi connectivity index (χ2n) is 6.01. The smallest absolute Gasteiger partial charge is 0.345 e. The van der Waals surface area contributed by atoms with Crippen molar-refractivity contribution in [3.63, 3.8) is 0 Å². The molecule has 5 nitrogen and oxygen atoms in total. The number of rotatable bonds is 7. The van der Waals surface area contributed by atoms with Gasteiger partial charge in [-0.3, -0.25) is 4.79 Å². The summed E-state index contributed by atoms with van der Waals surface area (Å²) in [4.78, 5) is 24.5. The number of ketones is 1. The third-order valence-corrected chi connectivity index (χ3v) is 3.72. The fourth-order valence-corrected chi connectivity index (χ4v) is 2.34. The minimum Gasteiger partial charge on any atom is -0.462 e. The highest BCUT2D eigenvalue weighted by molar-refractivity contribution is 6.17. The molecule has 0 atom stereocenters. The van der Waals surface area contributed by atoms with Crippen LogP contribution in [0.15, 0.2) is 59.9 Å². The van der Waals surface area contributed by atoms with E-state index in [-0.39, 0.29) is 18.0 Å². The molecule has 0 radical (unpaired) electrons. The van der Waals surface area contributed by atoms with Gasteiger partial charge in [0.15, 0.2) is 5.78 Å². The molecule has 5 heteroatoms. The first-order valence-electron chi connectivity index (χ1n) is 8.50. The number of anilines is 2. The Balaban J connectivity index is 2.45. The van der Waals surface area contributed by atoms with E-state index < -0.39 is 5.97 Å². The molecule has 26 heavy (non-hydrogen) atoms. The summed E-state index contributed by atoms with van der Waals surface area (Å²) in [5.74, 6) is -0.740. The first-order valence-corrected chi connectivity index (χ1v) is 8.50. The highest BCUT2D eigenvalue weighted by atomic mass is 16.5. The van der Waals surface area contributed by atoms with Crippen molar-refractivity contribution in [1.29, 1.82) is 0 Å². The van der Waals surface area contributed by atoms with Crippen LogP contribution in [0.3, 0.4) is 0 Å². The van der Waals surface area contributed by atoms with Gasteiger partial charge in [-0.1, -0.05) is 35.4 Å². The number of esters is 1. The highest BCUT2D eigenvalue weighted by Gasteiger charge is 2.22. The standard InChI is InChI=1S/C21H24N2O3/c1-5-26-21(25)19(16(4)24)20(22-17-10-6-14(2)7-11-17)23-18-12-8-15(3)9-13-18/h6-13,22-23H,5H2,1-4H3. The van der Waals surface area contributed by atoms with Crippen LogP contribution in [0.1, 0.15) is 25.0 Å². The Morgan fingerprint density at radius 2 is 1.27 bits per heavy atom. The minimum absolute atomic E-state index is 0.0481. The maximum Gasteiger partial charge on any atom is 0.345 e. The van der Waals surface area contributed by atoms with Crippen molar-refractivity contribution in [1.82, 2.24) is 0 Å². The van der Waals surface area contributed by atoms with Gasteiger partial charge < -0.3 is 15.4 Å². The average Bonchev–Trinajstić information content (AvgIpc) is 2.59. The van der Waals surface area contributed by atoms with E-state index in [1.54, 1.807) is 6.92 Å². The van der Waals surface area contributed by atoms with E-state index in [9.17, 15) is 9.59 Å². The van der Waals surface area contributed by atoms with Crippen molar-refractivity contribution in [3.05, 3.63) is 71.1 Å². The van der Waals surface area contributed by atoms with E-state index in [2.05, 4.69) is 10.6 Å². The molecule has 0 aliphatic heterocycles. The van der Waals surface area contributed by atoms with Crippen molar-refractivity contribution in [2.45, 2.75) is 27.7 Å². The minimum atomic E-state index is -0.658. The van der Waals surface area contributed by atoms with Crippen molar-refractivity contribution in [3.8, 4) is 0 Å². The van der Waals surface area contributed by atoms with Gasteiger partial charge >= 0.3 is 5.97 Å². The molecule has 0 saturated carbocycles. The summed E-state index contributed by atoms with van der Waals surface area (Å²) in [5, 5.41) is 6.27.